The van der Waals surface area contributed by atoms with Gasteiger partial charge in [-0.25, -0.2) is 8.42 Å². The van der Waals surface area contributed by atoms with Crippen molar-refractivity contribution in [2.75, 3.05) is 19.7 Å². The lowest BCUT2D eigenvalue weighted by Crippen LogP contribution is -2.47. The summed E-state index contributed by atoms with van der Waals surface area (Å²) in [6.07, 6.45) is 3.77. The molecule has 0 bridgehead atoms. The van der Waals surface area contributed by atoms with Crippen molar-refractivity contribution < 1.29 is 22.7 Å². The lowest BCUT2D eigenvalue weighted by molar-refractivity contribution is -0.127. The quantitative estimate of drug-likeness (QED) is 0.767. The standard InChI is InChI=1S/C24H24N2O5S/c27-23(15-16-5-3-6-20-19(16)10-13-31-20)25-18-8-11-26(12-9-18)24(28)22-14-17-4-1-2-7-21(17)32(22,29)30/h1-7,14,18H,8-13,15H2,(H,25,27). The summed E-state index contributed by atoms with van der Waals surface area (Å²) >= 11 is 0. The van der Waals surface area contributed by atoms with Crippen molar-refractivity contribution in [1.82, 2.24) is 10.2 Å². The van der Waals surface area contributed by atoms with E-state index in [4.69, 9.17) is 4.74 Å². The topological polar surface area (TPSA) is 92.8 Å². The number of carbonyl (C=O) groups excluding carboxylic acids is 2. The number of carbonyl (C=O) groups is 2. The monoisotopic (exact) mass is 452 g/mol. The normalized spacial score (nSPS) is 19.0. The summed E-state index contributed by atoms with van der Waals surface area (Å²) < 4.78 is 31.1. The van der Waals surface area contributed by atoms with E-state index in [0.29, 0.717) is 44.5 Å². The average Bonchev–Trinajstić information content (AvgIpc) is 3.37. The molecule has 166 valence electrons. The number of fused-ring (bicyclic) bond motifs is 2. The second-order valence-corrected chi connectivity index (χ2v) is 10.2. The summed E-state index contributed by atoms with van der Waals surface area (Å²) in [6.45, 7) is 1.46. The third-order valence-corrected chi connectivity index (χ3v) is 8.16. The number of amides is 2. The minimum atomic E-state index is -3.78. The molecule has 0 aliphatic carbocycles. The van der Waals surface area contributed by atoms with Crippen LogP contribution in [-0.4, -0.2) is 50.9 Å². The van der Waals surface area contributed by atoms with Crippen LogP contribution in [0.4, 0.5) is 0 Å². The fourth-order valence-electron chi connectivity index (χ4n) is 4.65. The van der Waals surface area contributed by atoms with Crippen LogP contribution in [0.3, 0.4) is 0 Å². The number of ether oxygens (including phenoxy) is 1. The molecule has 1 N–H and O–H groups in total. The minimum absolute atomic E-state index is 0.0362. The van der Waals surface area contributed by atoms with E-state index in [9.17, 15) is 18.0 Å². The van der Waals surface area contributed by atoms with Gasteiger partial charge >= 0.3 is 0 Å². The molecule has 0 spiro atoms. The summed E-state index contributed by atoms with van der Waals surface area (Å²) in [5.74, 6) is 0.345. The van der Waals surface area contributed by atoms with Gasteiger partial charge in [-0.05, 0) is 42.2 Å². The van der Waals surface area contributed by atoms with Crippen molar-refractivity contribution >= 4 is 27.7 Å². The van der Waals surface area contributed by atoms with E-state index in [2.05, 4.69) is 5.32 Å². The van der Waals surface area contributed by atoms with Crippen LogP contribution < -0.4 is 10.1 Å². The molecule has 32 heavy (non-hydrogen) atoms. The lowest BCUT2D eigenvalue weighted by atomic mass is 10.0. The highest BCUT2D eigenvalue weighted by molar-refractivity contribution is 7.96. The van der Waals surface area contributed by atoms with Crippen LogP contribution in [0.2, 0.25) is 0 Å². The Labute approximate surface area is 187 Å². The van der Waals surface area contributed by atoms with Gasteiger partial charge in [0.1, 0.15) is 10.7 Å². The number of benzene rings is 2. The molecular weight excluding hydrogens is 428 g/mol. The van der Waals surface area contributed by atoms with Crippen LogP contribution >= 0.6 is 0 Å². The van der Waals surface area contributed by atoms with Gasteiger partial charge < -0.3 is 15.0 Å². The Balaban J connectivity index is 1.18. The van der Waals surface area contributed by atoms with Crippen molar-refractivity contribution in [2.24, 2.45) is 0 Å². The maximum atomic E-state index is 12.9. The highest BCUT2D eigenvalue weighted by Crippen LogP contribution is 2.34. The van der Waals surface area contributed by atoms with E-state index in [0.717, 1.165) is 23.3 Å². The van der Waals surface area contributed by atoms with Gasteiger partial charge in [0, 0.05) is 31.1 Å². The van der Waals surface area contributed by atoms with Gasteiger partial charge in [0.25, 0.3) is 5.91 Å². The van der Waals surface area contributed by atoms with Crippen LogP contribution in [-0.2, 0) is 32.3 Å². The molecule has 3 heterocycles. The third-order valence-electron chi connectivity index (χ3n) is 6.33. The second-order valence-electron chi connectivity index (χ2n) is 8.35. The van der Waals surface area contributed by atoms with Gasteiger partial charge in [0.15, 0.2) is 0 Å². The second kappa shape index (κ2) is 8.09. The summed E-state index contributed by atoms with van der Waals surface area (Å²) in [6, 6.07) is 12.4. The van der Waals surface area contributed by atoms with Crippen molar-refractivity contribution in [3.8, 4) is 5.75 Å². The smallest absolute Gasteiger partial charge is 0.265 e. The molecule has 2 aromatic rings. The maximum absolute atomic E-state index is 12.9. The van der Waals surface area contributed by atoms with Crippen LogP contribution in [0.5, 0.6) is 5.75 Å². The summed E-state index contributed by atoms with van der Waals surface area (Å²) in [5, 5.41) is 3.07. The molecule has 1 saturated heterocycles. The first-order valence-electron chi connectivity index (χ1n) is 10.8. The Bertz CT molecular complexity index is 1230. The Morgan fingerprint density at radius 3 is 2.62 bits per heavy atom. The number of likely N-dealkylation sites (tertiary alicyclic amines) is 1. The Morgan fingerprint density at radius 1 is 1.06 bits per heavy atom. The molecule has 0 aromatic heterocycles. The summed E-state index contributed by atoms with van der Waals surface area (Å²) in [5.41, 5.74) is 2.65. The lowest BCUT2D eigenvalue weighted by Gasteiger charge is -2.32. The van der Waals surface area contributed by atoms with Crippen molar-refractivity contribution in [1.29, 1.82) is 0 Å². The summed E-state index contributed by atoms with van der Waals surface area (Å²) in [7, 11) is -3.78. The highest BCUT2D eigenvalue weighted by atomic mass is 32.2. The molecule has 0 saturated carbocycles. The highest BCUT2D eigenvalue weighted by Gasteiger charge is 2.37. The van der Waals surface area contributed by atoms with E-state index in [-0.39, 0.29) is 21.7 Å². The van der Waals surface area contributed by atoms with E-state index >= 15 is 0 Å². The first-order chi connectivity index (χ1) is 15.4. The zero-order valence-corrected chi connectivity index (χ0v) is 18.4. The van der Waals surface area contributed by atoms with Gasteiger partial charge in [-0.1, -0.05) is 30.3 Å². The molecule has 8 heteroatoms. The van der Waals surface area contributed by atoms with Crippen molar-refractivity contribution in [2.45, 2.75) is 36.6 Å². The first-order valence-corrected chi connectivity index (χ1v) is 12.3. The average molecular weight is 453 g/mol. The molecule has 0 unspecified atom stereocenters. The van der Waals surface area contributed by atoms with Gasteiger partial charge in [-0.3, -0.25) is 9.59 Å². The van der Waals surface area contributed by atoms with Crippen molar-refractivity contribution in [3.63, 3.8) is 0 Å². The van der Waals surface area contributed by atoms with Crippen LogP contribution in [0.15, 0.2) is 52.3 Å². The van der Waals surface area contributed by atoms with Crippen LogP contribution in [0, 0.1) is 0 Å². The van der Waals surface area contributed by atoms with Gasteiger partial charge in [-0.2, -0.15) is 0 Å². The number of piperidine rings is 1. The SMILES string of the molecule is O=C(Cc1cccc2c1CCO2)NC1CCN(C(=O)C2=Cc3ccccc3S2(=O)=O)CC1. The largest absolute Gasteiger partial charge is 0.493 e. The maximum Gasteiger partial charge on any atom is 0.265 e. The fourth-order valence-corrected chi connectivity index (χ4v) is 6.22. The number of nitrogens with one attached hydrogen (secondary N) is 1. The van der Waals surface area contributed by atoms with E-state index < -0.39 is 15.7 Å². The third kappa shape index (κ3) is 3.68. The van der Waals surface area contributed by atoms with Gasteiger partial charge in [0.2, 0.25) is 15.7 Å². The Kier molecular flexibility index (Phi) is 5.25. The molecule has 1 fully saturated rings. The number of hydrogen-bond donors (Lipinski definition) is 1. The molecule has 3 aliphatic rings. The van der Waals surface area contributed by atoms with E-state index in [1.807, 2.05) is 18.2 Å². The molecular formula is C24H24N2O5S. The fraction of sp³-hybridized carbons (Fsp3) is 0.333. The molecule has 7 nitrogen and oxygen atoms in total. The van der Waals surface area contributed by atoms with Crippen molar-refractivity contribution in [3.05, 3.63) is 64.1 Å². The Hall–Kier alpha value is -3.13. The Morgan fingerprint density at radius 2 is 1.84 bits per heavy atom. The molecule has 2 amide bonds. The van der Waals surface area contributed by atoms with E-state index in [1.165, 1.54) is 12.1 Å². The number of nitrogens with zero attached hydrogens (tertiary/aromatic N) is 1. The first kappa shape index (κ1) is 20.8. The zero-order chi connectivity index (χ0) is 22.3. The number of sulfone groups is 1. The summed E-state index contributed by atoms with van der Waals surface area (Å²) in [4.78, 5) is 27.1. The molecule has 0 radical (unpaired) electrons. The van der Waals surface area contributed by atoms with Gasteiger partial charge in [-0.15, -0.1) is 0 Å². The van der Waals surface area contributed by atoms with Crippen LogP contribution in [0.1, 0.15) is 29.5 Å². The zero-order valence-electron chi connectivity index (χ0n) is 17.5. The molecule has 5 rings (SSSR count). The number of rotatable bonds is 4. The molecule has 2 aromatic carbocycles. The molecule has 3 aliphatic heterocycles. The van der Waals surface area contributed by atoms with Gasteiger partial charge in [0.05, 0.1) is 17.9 Å². The molecule has 0 atom stereocenters. The minimum Gasteiger partial charge on any atom is -0.493 e. The number of hydrogen-bond acceptors (Lipinski definition) is 5. The predicted octanol–water partition coefficient (Wildman–Crippen LogP) is 2.10. The van der Waals surface area contributed by atoms with E-state index in [1.54, 1.807) is 23.1 Å². The predicted molar refractivity (Wildman–Crippen MR) is 119 cm³/mol. The van der Waals surface area contributed by atoms with Crippen LogP contribution in [0.25, 0.3) is 6.08 Å².